The number of amides is 1. The molecule has 0 radical (unpaired) electrons. The molecule has 28 heavy (non-hydrogen) atoms. The lowest BCUT2D eigenvalue weighted by atomic mass is 10.2. The molecule has 2 aromatic carbocycles. The summed E-state index contributed by atoms with van der Waals surface area (Å²) < 4.78 is 16.0. The molecule has 0 aliphatic rings. The topological polar surface area (TPSA) is 69.7 Å². The summed E-state index contributed by atoms with van der Waals surface area (Å²) in [5, 5.41) is 5.25. The number of methoxy groups -OCH3 is 2. The third kappa shape index (κ3) is 4.80. The van der Waals surface area contributed by atoms with Crippen molar-refractivity contribution in [2.24, 2.45) is 0 Å². The predicted octanol–water partition coefficient (Wildman–Crippen LogP) is 4.87. The van der Waals surface area contributed by atoms with Crippen LogP contribution in [0.15, 0.2) is 47.8 Å². The van der Waals surface area contributed by atoms with E-state index in [2.05, 4.69) is 17.2 Å². The van der Waals surface area contributed by atoms with Gasteiger partial charge in [0.1, 0.15) is 17.2 Å². The van der Waals surface area contributed by atoms with E-state index in [9.17, 15) is 4.79 Å². The fraction of sp³-hybridized carbons (Fsp3) is 0.238. The highest BCUT2D eigenvalue weighted by Crippen LogP contribution is 2.28. The average molecular weight is 398 g/mol. The number of benzene rings is 2. The number of ether oxygens (including phenoxy) is 3. The van der Waals surface area contributed by atoms with E-state index < -0.39 is 0 Å². The first kappa shape index (κ1) is 19.7. The lowest BCUT2D eigenvalue weighted by Crippen LogP contribution is -2.12. The number of nitrogens with one attached hydrogen (secondary N) is 1. The molecule has 0 fully saturated rings. The minimum Gasteiger partial charge on any atom is -0.497 e. The van der Waals surface area contributed by atoms with Gasteiger partial charge in [0.15, 0.2) is 5.13 Å². The van der Waals surface area contributed by atoms with Crippen molar-refractivity contribution in [2.75, 3.05) is 26.1 Å². The molecule has 3 rings (SSSR count). The van der Waals surface area contributed by atoms with Crippen molar-refractivity contribution in [3.8, 4) is 28.5 Å². The van der Waals surface area contributed by atoms with E-state index >= 15 is 0 Å². The number of carbonyl (C=O) groups is 1. The van der Waals surface area contributed by atoms with Gasteiger partial charge in [0, 0.05) is 22.6 Å². The number of hydrogen-bond acceptors (Lipinski definition) is 6. The zero-order chi connectivity index (χ0) is 19.9. The highest BCUT2D eigenvalue weighted by molar-refractivity contribution is 7.14. The van der Waals surface area contributed by atoms with Crippen LogP contribution in [0, 0.1) is 0 Å². The Bertz CT molecular complexity index is 916. The summed E-state index contributed by atoms with van der Waals surface area (Å²) >= 11 is 1.37. The second-order valence-corrected chi connectivity index (χ2v) is 6.82. The van der Waals surface area contributed by atoms with Crippen molar-refractivity contribution in [3.05, 3.63) is 53.4 Å². The first-order valence-corrected chi connectivity index (χ1v) is 9.74. The molecule has 0 atom stereocenters. The SMILES string of the molecule is CCCOc1ccc(-c2csc(NC(=O)c3cc(OC)cc(OC)c3)n2)cc1. The lowest BCUT2D eigenvalue weighted by Gasteiger charge is -2.08. The molecule has 0 saturated carbocycles. The van der Waals surface area contributed by atoms with E-state index in [0.717, 1.165) is 23.4 Å². The molecule has 1 amide bonds. The minimum atomic E-state index is -0.276. The summed E-state index contributed by atoms with van der Waals surface area (Å²) in [6, 6.07) is 12.8. The van der Waals surface area contributed by atoms with Gasteiger partial charge in [-0.15, -0.1) is 11.3 Å². The van der Waals surface area contributed by atoms with Crippen LogP contribution in [0.3, 0.4) is 0 Å². The largest absolute Gasteiger partial charge is 0.497 e. The summed E-state index contributed by atoms with van der Waals surface area (Å²) in [6.45, 7) is 2.77. The Morgan fingerprint density at radius 3 is 2.32 bits per heavy atom. The number of aromatic nitrogens is 1. The number of carbonyl (C=O) groups excluding carboxylic acids is 1. The Hall–Kier alpha value is -3.06. The molecular weight excluding hydrogens is 376 g/mol. The smallest absolute Gasteiger partial charge is 0.257 e. The third-order valence-corrected chi connectivity index (χ3v) is 4.72. The summed E-state index contributed by atoms with van der Waals surface area (Å²) in [4.78, 5) is 17.1. The first-order valence-electron chi connectivity index (χ1n) is 8.86. The van der Waals surface area contributed by atoms with Crippen LogP contribution in [0.4, 0.5) is 5.13 Å². The number of nitrogens with zero attached hydrogens (tertiary/aromatic N) is 1. The number of rotatable bonds is 8. The number of hydrogen-bond donors (Lipinski definition) is 1. The molecule has 0 saturated heterocycles. The molecule has 0 bridgehead atoms. The van der Waals surface area contributed by atoms with E-state index in [1.165, 1.54) is 11.3 Å². The molecule has 3 aromatic rings. The fourth-order valence-corrected chi connectivity index (χ4v) is 3.23. The Morgan fingerprint density at radius 1 is 1.04 bits per heavy atom. The summed E-state index contributed by atoms with van der Waals surface area (Å²) in [7, 11) is 3.09. The Balaban J connectivity index is 1.71. The van der Waals surface area contributed by atoms with Crippen molar-refractivity contribution in [3.63, 3.8) is 0 Å². The maximum atomic E-state index is 12.6. The Kier molecular flexibility index (Phi) is 6.49. The van der Waals surface area contributed by atoms with Gasteiger partial charge in [0.05, 0.1) is 26.5 Å². The zero-order valence-corrected chi connectivity index (χ0v) is 16.8. The standard InChI is InChI=1S/C21H22N2O4S/c1-4-9-27-16-7-5-14(6-8-16)19-13-28-21(22-19)23-20(24)15-10-17(25-2)12-18(11-15)26-3/h5-8,10-13H,4,9H2,1-3H3,(H,22,23,24). The molecule has 1 heterocycles. The second-order valence-electron chi connectivity index (χ2n) is 5.97. The lowest BCUT2D eigenvalue weighted by molar-refractivity contribution is 0.102. The van der Waals surface area contributed by atoms with Gasteiger partial charge >= 0.3 is 0 Å². The van der Waals surface area contributed by atoms with Crippen LogP contribution in [0.2, 0.25) is 0 Å². The van der Waals surface area contributed by atoms with Crippen molar-refractivity contribution in [1.29, 1.82) is 0 Å². The van der Waals surface area contributed by atoms with E-state index in [4.69, 9.17) is 14.2 Å². The quantitative estimate of drug-likeness (QED) is 0.586. The molecule has 0 aliphatic heterocycles. The van der Waals surface area contributed by atoms with Crippen LogP contribution in [-0.2, 0) is 0 Å². The summed E-state index contributed by atoms with van der Waals surface area (Å²) in [5.74, 6) is 1.66. The first-order chi connectivity index (χ1) is 13.6. The molecule has 0 unspecified atom stereocenters. The highest BCUT2D eigenvalue weighted by Gasteiger charge is 2.13. The maximum absolute atomic E-state index is 12.6. The van der Waals surface area contributed by atoms with Gasteiger partial charge < -0.3 is 14.2 Å². The van der Waals surface area contributed by atoms with E-state index in [1.54, 1.807) is 32.4 Å². The second kappa shape index (κ2) is 9.23. The number of anilines is 1. The third-order valence-electron chi connectivity index (χ3n) is 3.96. The normalized spacial score (nSPS) is 10.4. The Labute approximate surface area is 168 Å². The van der Waals surface area contributed by atoms with Gasteiger partial charge in [0.25, 0.3) is 5.91 Å². The molecule has 1 N–H and O–H groups in total. The van der Waals surface area contributed by atoms with Crippen LogP contribution in [0.1, 0.15) is 23.7 Å². The fourth-order valence-electron chi connectivity index (χ4n) is 2.51. The van der Waals surface area contributed by atoms with Crippen molar-refractivity contribution in [2.45, 2.75) is 13.3 Å². The van der Waals surface area contributed by atoms with Crippen LogP contribution in [-0.4, -0.2) is 31.7 Å². The van der Waals surface area contributed by atoms with Gasteiger partial charge in [-0.2, -0.15) is 0 Å². The monoisotopic (exact) mass is 398 g/mol. The van der Waals surface area contributed by atoms with E-state index in [1.807, 2.05) is 29.6 Å². The van der Waals surface area contributed by atoms with Crippen molar-refractivity contribution in [1.82, 2.24) is 4.98 Å². The van der Waals surface area contributed by atoms with Crippen LogP contribution < -0.4 is 19.5 Å². The van der Waals surface area contributed by atoms with Gasteiger partial charge in [-0.3, -0.25) is 10.1 Å². The summed E-state index contributed by atoms with van der Waals surface area (Å²) in [6.07, 6.45) is 0.968. The average Bonchev–Trinajstić information content (AvgIpc) is 3.20. The molecular formula is C21H22N2O4S. The van der Waals surface area contributed by atoms with Gasteiger partial charge in [-0.1, -0.05) is 6.92 Å². The molecule has 7 heteroatoms. The molecule has 0 aliphatic carbocycles. The molecule has 6 nitrogen and oxygen atoms in total. The van der Waals surface area contributed by atoms with E-state index in [-0.39, 0.29) is 5.91 Å². The predicted molar refractivity (Wildman–Crippen MR) is 111 cm³/mol. The summed E-state index contributed by atoms with van der Waals surface area (Å²) in [5.41, 5.74) is 2.19. The number of thiazole rings is 1. The Morgan fingerprint density at radius 2 is 1.71 bits per heavy atom. The van der Waals surface area contributed by atoms with Crippen molar-refractivity contribution >= 4 is 22.4 Å². The minimum absolute atomic E-state index is 0.276. The molecule has 0 spiro atoms. The van der Waals surface area contributed by atoms with Gasteiger partial charge in [-0.05, 0) is 42.8 Å². The van der Waals surface area contributed by atoms with Crippen LogP contribution in [0.5, 0.6) is 17.2 Å². The van der Waals surface area contributed by atoms with Crippen molar-refractivity contribution < 1.29 is 19.0 Å². The van der Waals surface area contributed by atoms with Crippen LogP contribution >= 0.6 is 11.3 Å². The zero-order valence-electron chi connectivity index (χ0n) is 16.0. The van der Waals surface area contributed by atoms with E-state index in [0.29, 0.717) is 28.8 Å². The molecule has 1 aromatic heterocycles. The van der Waals surface area contributed by atoms with Crippen LogP contribution in [0.25, 0.3) is 11.3 Å². The van der Waals surface area contributed by atoms with Gasteiger partial charge in [-0.25, -0.2) is 4.98 Å². The molecule has 146 valence electrons. The highest BCUT2D eigenvalue weighted by atomic mass is 32.1. The van der Waals surface area contributed by atoms with Gasteiger partial charge in [0.2, 0.25) is 0 Å². The maximum Gasteiger partial charge on any atom is 0.257 e.